The number of carbonyl (C=O) groups excluding carboxylic acids is 5. The Morgan fingerprint density at radius 1 is 1.14 bits per heavy atom. The van der Waals surface area contributed by atoms with E-state index in [1.165, 1.54) is 11.0 Å². The van der Waals surface area contributed by atoms with Gasteiger partial charge in [-0.25, -0.2) is 4.79 Å². The van der Waals surface area contributed by atoms with Crippen LogP contribution in [0, 0.1) is 28.6 Å². The van der Waals surface area contributed by atoms with Crippen molar-refractivity contribution in [2.24, 2.45) is 34.3 Å². The molecule has 3 fully saturated rings. The minimum absolute atomic E-state index is 0.0769. The molecule has 1 heterocycles. The van der Waals surface area contributed by atoms with E-state index in [1.807, 2.05) is 20.8 Å². The minimum Gasteiger partial charge on any atom is -0.352 e. The first-order valence-corrected chi connectivity index (χ1v) is 12.3. The van der Waals surface area contributed by atoms with Crippen molar-refractivity contribution in [1.82, 2.24) is 20.9 Å². The average Bonchev–Trinajstić information content (AvgIpc) is 3.60. The van der Waals surface area contributed by atoms with E-state index in [2.05, 4.69) is 36.4 Å². The molecule has 10 nitrogen and oxygen atoms in total. The molecule has 194 valence electrons. The summed E-state index contributed by atoms with van der Waals surface area (Å²) in [6.45, 7) is 13.6. The third-order valence-corrected chi connectivity index (χ3v) is 7.69. The molecule has 2 saturated carbocycles. The predicted octanol–water partition coefficient (Wildman–Crippen LogP) is 0.709. The number of carbonyl (C=O) groups is 5. The molecule has 0 spiro atoms. The number of Topliss-reactive ketones (excluding diaryl/α,β-unsaturated/α-hetero) is 1. The number of hydrogen-bond acceptors (Lipinski definition) is 5. The van der Waals surface area contributed by atoms with Crippen molar-refractivity contribution >= 4 is 29.5 Å². The predicted molar refractivity (Wildman–Crippen MR) is 130 cm³/mol. The van der Waals surface area contributed by atoms with E-state index in [0.29, 0.717) is 13.0 Å². The number of piperidine rings is 1. The van der Waals surface area contributed by atoms with Gasteiger partial charge in [-0.1, -0.05) is 53.5 Å². The van der Waals surface area contributed by atoms with Gasteiger partial charge >= 0.3 is 6.03 Å². The molecule has 1 saturated heterocycles. The van der Waals surface area contributed by atoms with E-state index in [0.717, 1.165) is 12.8 Å². The lowest BCUT2D eigenvalue weighted by atomic mass is 9.85. The number of likely N-dealkylation sites (tertiary alicyclic amines) is 1. The highest BCUT2D eigenvalue weighted by Crippen LogP contribution is 2.65. The van der Waals surface area contributed by atoms with Crippen molar-refractivity contribution in [2.45, 2.75) is 72.0 Å². The third-order valence-electron chi connectivity index (χ3n) is 7.69. The van der Waals surface area contributed by atoms with Crippen LogP contribution in [0.1, 0.15) is 53.9 Å². The van der Waals surface area contributed by atoms with E-state index >= 15 is 0 Å². The smallest absolute Gasteiger partial charge is 0.312 e. The fourth-order valence-electron chi connectivity index (χ4n) is 5.36. The quantitative estimate of drug-likeness (QED) is 0.263. The van der Waals surface area contributed by atoms with Gasteiger partial charge in [0.05, 0.1) is 6.04 Å². The summed E-state index contributed by atoms with van der Waals surface area (Å²) in [5, 5.41) is 7.82. The van der Waals surface area contributed by atoms with E-state index in [1.54, 1.807) is 0 Å². The van der Waals surface area contributed by atoms with Crippen LogP contribution in [0.5, 0.6) is 0 Å². The Hall–Kier alpha value is -2.91. The molecule has 5 N–H and O–H groups in total. The van der Waals surface area contributed by atoms with Crippen LogP contribution in [-0.4, -0.2) is 65.7 Å². The van der Waals surface area contributed by atoms with Crippen LogP contribution < -0.4 is 21.7 Å². The second-order valence-electron chi connectivity index (χ2n) is 11.8. The van der Waals surface area contributed by atoms with Crippen LogP contribution in [0.2, 0.25) is 0 Å². The zero-order chi connectivity index (χ0) is 26.3. The lowest BCUT2D eigenvalue weighted by molar-refractivity contribution is -0.145. The van der Waals surface area contributed by atoms with E-state index in [9.17, 15) is 24.0 Å². The lowest BCUT2D eigenvalue weighted by Crippen LogP contribution is -2.61. The molecule has 0 aromatic carbocycles. The summed E-state index contributed by atoms with van der Waals surface area (Å²) in [7, 11) is 0. The lowest BCUT2D eigenvalue weighted by Gasteiger charge is -2.37. The summed E-state index contributed by atoms with van der Waals surface area (Å²) in [6, 6.07) is -3.48. The maximum Gasteiger partial charge on any atom is 0.312 e. The van der Waals surface area contributed by atoms with Gasteiger partial charge in [0, 0.05) is 13.1 Å². The molecule has 5 amide bonds. The largest absolute Gasteiger partial charge is 0.352 e. The molecule has 10 heteroatoms. The van der Waals surface area contributed by atoms with Gasteiger partial charge in [-0.3, -0.25) is 19.2 Å². The Morgan fingerprint density at radius 2 is 1.77 bits per heavy atom. The Bertz CT molecular complexity index is 920. The maximum atomic E-state index is 13.6. The van der Waals surface area contributed by atoms with E-state index in [4.69, 9.17) is 5.73 Å². The number of nitrogens with one attached hydrogen (secondary N) is 3. The van der Waals surface area contributed by atoms with Crippen LogP contribution in [-0.2, 0) is 19.2 Å². The maximum absolute atomic E-state index is 13.6. The van der Waals surface area contributed by atoms with E-state index in [-0.39, 0.29) is 35.6 Å². The SMILES string of the molecule is C=CCNC(=O)C(=O)C(CC1CC1)NC(=O)[C@@H]1[C@@H]2[C@H](CN1C(=O)[C@@H](NC(N)=O)C(C)(C)C)C2(C)C. The number of rotatable bonds is 10. The molecule has 1 aliphatic heterocycles. The monoisotopic (exact) mass is 489 g/mol. The topological polar surface area (TPSA) is 151 Å². The number of amides is 5. The first-order valence-electron chi connectivity index (χ1n) is 12.3. The van der Waals surface area contributed by atoms with Gasteiger partial charge in [-0.05, 0) is 35.0 Å². The summed E-state index contributed by atoms with van der Waals surface area (Å²) in [4.78, 5) is 65.5. The molecule has 1 unspecified atom stereocenters. The fourth-order valence-corrected chi connectivity index (χ4v) is 5.36. The van der Waals surface area contributed by atoms with Gasteiger partial charge in [0.15, 0.2) is 0 Å². The molecule has 35 heavy (non-hydrogen) atoms. The van der Waals surface area contributed by atoms with Gasteiger partial charge in [0.1, 0.15) is 12.1 Å². The molecular formula is C25H39N5O5. The van der Waals surface area contributed by atoms with Crippen LogP contribution in [0.4, 0.5) is 4.79 Å². The molecule has 3 aliphatic rings. The highest BCUT2D eigenvalue weighted by molar-refractivity contribution is 6.38. The standard InChI is InChI=1S/C25H39N5O5/c1-7-10-27-21(33)18(31)15(11-13-8-9-13)28-20(32)17-16-14(25(16,5)6)12-30(17)22(34)19(24(2,3)4)29-23(26)35/h7,13-17,19H,1,8-12H2,2-6H3,(H,27,33)(H,28,32)(H3,26,29,35)/t14-,15?,16-,17-,19+/m0/s1. The summed E-state index contributed by atoms with van der Waals surface area (Å²) in [5.74, 6) is -1.95. The second-order valence-corrected chi connectivity index (χ2v) is 11.8. The Morgan fingerprint density at radius 3 is 2.29 bits per heavy atom. The van der Waals surface area contributed by atoms with Gasteiger partial charge in [0.25, 0.3) is 5.91 Å². The number of hydrogen-bond donors (Lipinski definition) is 4. The first-order chi connectivity index (χ1) is 16.2. The molecule has 0 radical (unpaired) electrons. The summed E-state index contributed by atoms with van der Waals surface area (Å²) < 4.78 is 0. The number of nitrogens with zero attached hydrogens (tertiary/aromatic N) is 1. The molecule has 2 aliphatic carbocycles. The number of fused-ring (bicyclic) bond motifs is 1. The zero-order valence-electron chi connectivity index (χ0n) is 21.3. The number of urea groups is 1. The van der Waals surface area contributed by atoms with Gasteiger partial charge < -0.3 is 26.6 Å². The highest BCUT2D eigenvalue weighted by atomic mass is 16.2. The Balaban J connectivity index is 1.82. The molecule has 5 atom stereocenters. The zero-order valence-corrected chi connectivity index (χ0v) is 21.3. The Kier molecular flexibility index (Phi) is 7.34. The summed E-state index contributed by atoms with van der Waals surface area (Å²) >= 11 is 0. The average molecular weight is 490 g/mol. The van der Waals surface area contributed by atoms with Crippen molar-refractivity contribution in [3.8, 4) is 0 Å². The first kappa shape index (κ1) is 26.7. The molecular weight excluding hydrogens is 450 g/mol. The van der Waals surface area contributed by atoms with Crippen LogP contribution in [0.25, 0.3) is 0 Å². The number of nitrogens with two attached hydrogens (primary N) is 1. The van der Waals surface area contributed by atoms with Gasteiger partial charge in [-0.15, -0.1) is 6.58 Å². The number of ketones is 1. The molecule has 0 aromatic heterocycles. The van der Waals surface area contributed by atoms with Crippen LogP contribution in [0.15, 0.2) is 12.7 Å². The second kappa shape index (κ2) is 9.62. The molecule has 0 bridgehead atoms. The highest BCUT2D eigenvalue weighted by Gasteiger charge is 2.69. The van der Waals surface area contributed by atoms with Crippen molar-refractivity contribution in [3.63, 3.8) is 0 Å². The van der Waals surface area contributed by atoms with Crippen molar-refractivity contribution in [1.29, 1.82) is 0 Å². The minimum atomic E-state index is -0.958. The van der Waals surface area contributed by atoms with Crippen LogP contribution in [0.3, 0.4) is 0 Å². The van der Waals surface area contributed by atoms with Crippen molar-refractivity contribution in [2.75, 3.05) is 13.1 Å². The normalized spacial score (nSPS) is 26.1. The van der Waals surface area contributed by atoms with E-state index < -0.39 is 47.2 Å². The van der Waals surface area contributed by atoms with Crippen molar-refractivity contribution < 1.29 is 24.0 Å². The van der Waals surface area contributed by atoms with Gasteiger partial charge in [0.2, 0.25) is 17.6 Å². The summed E-state index contributed by atoms with van der Waals surface area (Å²) in [5.41, 5.74) is 4.56. The Labute approximate surface area is 206 Å². The van der Waals surface area contributed by atoms with Crippen LogP contribution >= 0.6 is 0 Å². The fraction of sp³-hybridized carbons (Fsp3) is 0.720. The third kappa shape index (κ3) is 5.67. The molecule has 3 rings (SSSR count). The van der Waals surface area contributed by atoms with Crippen molar-refractivity contribution in [3.05, 3.63) is 12.7 Å². The van der Waals surface area contributed by atoms with Gasteiger partial charge in [-0.2, -0.15) is 0 Å². The summed E-state index contributed by atoms with van der Waals surface area (Å²) in [6.07, 6.45) is 3.76. The number of primary amides is 1. The molecule has 0 aromatic rings.